The first-order chi connectivity index (χ1) is 9.61. The van der Waals surface area contributed by atoms with Gasteiger partial charge in [0.15, 0.2) is 5.84 Å². The van der Waals surface area contributed by atoms with E-state index in [2.05, 4.69) is 5.16 Å². The van der Waals surface area contributed by atoms with E-state index in [1.807, 2.05) is 30.3 Å². The normalized spacial score (nSPS) is 22.9. The zero-order chi connectivity index (χ0) is 14.5. The summed E-state index contributed by atoms with van der Waals surface area (Å²) in [6.07, 6.45) is -1.87. The van der Waals surface area contributed by atoms with Gasteiger partial charge in [-0.15, -0.1) is 0 Å². The molecule has 2 rings (SSSR count). The molecule has 1 amide bonds. The lowest BCUT2D eigenvalue weighted by molar-refractivity contribution is 0.0969. The number of amides is 1. The largest absolute Gasteiger partial charge is 0.445 e. The van der Waals surface area contributed by atoms with E-state index in [0.717, 1.165) is 10.5 Å². The lowest BCUT2D eigenvalue weighted by Gasteiger charge is -2.22. The highest BCUT2D eigenvalue weighted by molar-refractivity contribution is 5.89. The summed E-state index contributed by atoms with van der Waals surface area (Å²) in [5, 5.41) is 11.5. The number of rotatable bonds is 3. The molecule has 1 fully saturated rings. The second-order valence-corrected chi connectivity index (χ2v) is 4.57. The average molecular weight is 281 g/mol. The van der Waals surface area contributed by atoms with Crippen molar-refractivity contribution in [3.8, 4) is 0 Å². The fourth-order valence-electron chi connectivity index (χ4n) is 2.14. The van der Waals surface area contributed by atoms with Crippen LogP contribution in [0.4, 0.5) is 9.18 Å². The van der Waals surface area contributed by atoms with Gasteiger partial charge >= 0.3 is 6.09 Å². The Labute approximate surface area is 115 Å². The molecule has 1 aliphatic heterocycles. The molecule has 1 heterocycles. The van der Waals surface area contributed by atoms with Crippen molar-refractivity contribution in [2.24, 2.45) is 10.9 Å². The minimum atomic E-state index is -1.20. The molecular weight excluding hydrogens is 265 g/mol. The Morgan fingerprint density at radius 1 is 1.50 bits per heavy atom. The van der Waals surface area contributed by atoms with Gasteiger partial charge in [0.25, 0.3) is 0 Å². The Kier molecular flexibility index (Phi) is 4.39. The number of amidine groups is 1. The van der Waals surface area contributed by atoms with Crippen LogP contribution in [0.3, 0.4) is 0 Å². The Balaban J connectivity index is 1.97. The Morgan fingerprint density at radius 2 is 2.20 bits per heavy atom. The molecule has 1 aromatic rings. The van der Waals surface area contributed by atoms with E-state index < -0.39 is 18.3 Å². The highest BCUT2D eigenvalue weighted by atomic mass is 19.1. The van der Waals surface area contributed by atoms with Gasteiger partial charge in [0, 0.05) is 6.42 Å². The molecule has 0 spiro atoms. The van der Waals surface area contributed by atoms with Gasteiger partial charge in [-0.25, -0.2) is 9.18 Å². The number of oxime groups is 1. The number of halogens is 1. The summed E-state index contributed by atoms with van der Waals surface area (Å²) in [6.45, 7) is -0.0233. The first kappa shape index (κ1) is 14.1. The van der Waals surface area contributed by atoms with E-state index in [1.54, 1.807) is 0 Å². The number of nitrogens with two attached hydrogens (primary N) is 1. The molecule has 1 aliphatic rings. The summed E-state index contributed by atoms with van der Waals surface area (Å²) in [5.74, 6) is -0.193. The Morgan fingerprint density at radius 3 is 2.85 bits per heavy atom. The quantitative estimate of drug-likeness (QED) is 0.380. The zero-order valence-electron chi connectivity index (χ0n) is 10.8. The number of nitrogens with zero attached hydrogens (tertiary/aromatic N) is 2. The van der Waals surface area contributed by atoms with Gasteiger partial charge in [-0.1, -0.05) is 35.5 Å². The van der Waals surface area contributed by atoms with Gasteiger partial charge in [-0.3, -0.25) is 4.90 Å². The van der Waals surface area contributed by atoms with Crippen molar-refractivity contribution < 1.29 is 19.1 Å². The average Bonchev–Trinajstić information content (AvgIpc) is 2.87. The predicted molar refractivity (Wildman–Crippen MR) is 70.0 cm³/mol. The monoisotopic (exact) mass is 281 g/mol. The number of ether oxygens (including phenoxy) is 1. The lowest BCUT2D eigenvalue weighted by Crippen LogP contribution is -2.44. The van der Waals surface area contributed by atoms with Crippen LogP contribution < -0.4 is 5.73 Å². The summed E-state index contributed by atoms with van der Waals surface area (Å²) in [5.41, 5.74) is 6.29. The highest BCUT2D eigenvalue weighted by Crippen LogP contribution is 2.21. The number of likely N-dealkylation sites (tertiary alicyclic amines) is 1. The van der Waals surface area contributed by atoms with Gasteiger partial charge in [0.05, 0.1) is 12.6 Å². The zero-order valence-corrected chi connectivity index (χ0v) is 10.8. The van der Waals surface area contributed by atoms with Gasteiger partial charge in [-0.05, 0) is 5.56 Å². The minimum Gasteiger partial charge on any atom is -0.445 e. The molecule has 0 radical (unpaired) electrons. The molecule has 2 atom stereocenters. The fourth-order valence-corrected chi connectivity index (χ4v) is 2.14. The SMILES string of the molecule is NC(=NO)[C@@H]1C[C@H](F)CN1C(=O)OCc1ccccc1. The van der Waals surface area contributed by atoms with E-state index in [4.69, 9.17) is 15.7 Å². The standard InChI is InChI=1S/C13H16FN3O3/c14-10-6-11(12(15)16-19)17(7-10)13(18)20-8-9-4-2-1-3-5-9/h1-5,10-11,19H,6-8H2,(H2,15,16)/t10-,11-/m0/s1. The van der Waals surface area contributed by atoms with Crippen LogP contribution in [0.1, 0.15) is 12.0 Å². The summed E-state index contributed by atoms with van der Waals surface area (Å²) < 4.78 is 18.5. The molecule has 0 aliphatic carbocycles. The van der Waals surface area contributed by atoms with E-state index in [-0.39, 0.29) is 25.4 Å². The van der Waals surface area contributed by atoms with Crippen LogP contribution >= 0.6 is 0 Å². The van der Waals surface area contributed by atoms with Gasteiger partial charge in [-0.2, -0.15) is 0 Å². The molecule has 3 N–H and O–H groups in total. The molecule has 0 saturated carbocycles. The van der Waals surface area contributed by atoms with Crippen molar-refractivity contribution in [3.05, 3.63) is 35.9 Å². The Bertz CT molecular complexity index is 495. The highest BCUT2D eigenvalue weighted by Gasteiger charge is 2.38. The molecule has 1 aromatic carbocycles. The van der Waals surface area contributed by atoms with Crippen molar-refractivity contribution in [2.45, 2.75) is 25.2 Å². The predicted octanol–water partition coefficient (Wildman–Crippen LogP) is 1.48. The molecule has 7 heteroatoms. The van der Waals surface area contributed by atoms with E-state index in [0.29, 0.717) is 0 Å². The minimum absolute atomic E-state index is 0.0102. The first-order valence-corrected chi connectivity index (χ1v) is 6.20. The smallest absolute Gasteiger partial charge is 0.410 e. The first-order valence-electron chi connectivity index (χ1n) is 6.20. The summed E-state index contributed by atoms with van der Waals surface area (Å²) in [4.78, 5) is 13.1. The van der Waals surface area contributed by atoms with Crippen molar-refractivity contribution in [2.75, 3.05) is 6.54 Å². The third kappa shape index (κ3) is 3.17. The maximum absolute atomic E-state index is 13.4. The second kappa shape index (κ2) is 6.23. The van der Waals surface area contributed by atoms with Gasteiger partial charge < -0.3 is 15.7 Å². The molecule has 108 valence electrons. The third-order valence-electron chi connectivity index (χ3n) is 3.15. The second-order valence-electron chi connectivity index (χ2n) is 4.57. The maximum Gasteiger partial charge on any atom is 0.410 e. The number of alkyl halides is 1. The van der Waals surface area contributed by atoms with Crippen molar-refractivity contribution in [3.63, 3.8) is 0 Å². The summed E-state index contributed by atoms with van der Waals surface area (Å²) in [6, 6.07) is 8.38. The maximum atomic E-state index is 13.4. The van der Waals surface area contributed by atoms with E-state index >= 15 is 0 Å². The van der Waals surface area contributed by atoms with Crippen molar-refractivity contribution in [1.29, 1.82) is 0 Å². The van der Waals surface area contributed by atoms with Crippen molar-refractivity contribution in [1.82, 2.24) is 4.90 Å². The molecule has 1 saturated heterocycles. The van der Waals surface area contributed by atoms with Crippen LogP contribution in [0.25, 0.3) is 0 Å². The lowest BCUT2D eigenvalue weighted by atomic mass is 10.2. The molecule has 0 unspecified atom stereocenters. The molecule has 6 nitrogen and oxygen atoms in total. The molecule has 0 aromatic heterocycles. The summed E-state index contributed by atoms with van der Waals surface area (Å²) >= 11 is 0. The number of carbonyl (C=O) groups is 1. The third-order valence-corrected chi connectivity index (χ3v) is 3.15. The fraction of sp³-hybridized carbons (Fsp3) is 0.385. The van der Waals surface area contributed by atoms with Gasteiger partial charge in [0.2, 0.25) is 0 Å². The number of carbonyl (C=O) groups excluding carboxylic acids is 1. The van der Waals surface area contributed by atoms with E-state index in [1.165, 1.54) is 0 Å². The van der Waals surface area contributed by atoms with Crippen molar-refractivity contribution >= 4 is 11.9 Å². The van der Waals surface area contributed by atoms with Crippen LogP contribution in [-0.4, -0.2) is 40.8 Å². The molecule has 20 heavy (non-hydrogen) atoms. The molecular formula is C13H16FN3O3. The van der Waals surface area contributed by atoms with Crippen LogP contribution in [0.5, 0.6) is 0 Å². The van der Waals surface area contributed by atoms with Crippen LogP contribution in [0, 0.1) is 0 Å². The van der Waals surface area contributed by atoms with Gasteiger partial charge in [0.1, 0.15) is 12.8 Å². The Hall–Kier alpha value is -2.31. The topological polar surface area (TPSA) is 88.2 Å². The summed E-state index contributed by atoms with van der Waals surface area (Å²) in [7, 11) is 0. The van der Waals surface area contributed by atoms with E-state index in [9.17, 15) is 9.18 Å². The van der Waals surface area contributed by atoms with Crippen LogP contribution in [-0.2, 0) is 11.3 Å². The number of hydrogen-bond donors (Lipinski definition) is 2. The molecule has 0 bridgehead atoms. The van der Waals surface area contributed by atoms with Crippen LogP contribution in [0.2, 0.25) is 0 Å². The van der Waals surface area contributed by atoms with Crippen LogP contribution in [0.15, 0.2) is 35.5 Å². The number of benzene rings is 1. The number of hydrogen-bond acceptors (Lipinski definition) is 4.